The number of benzene rings is 2. The van der Waals surface area contributed by atoms with E-state index < -0.39 is 0 Å². The first kappa shape index (κ1) is 22.0. The monoisotopic (exact) mass is 489 g/mol. The fraction of sp³-hybridized carbons (Fsp3) is 0.125. The van der Waals surface area contributed by atoms with Gasteiger partial charge < -0.3 is 11.1 Å². The lowest BCUT2D eigenvalue weighted by Crippen LogP contribution is -2.28. The summed E-state index contributed by atoms with van der Waals surface area (Å²) < 4.78 is 1.60. The van der Waals surface area contributed by atoms with Gasteiger partial charge in [-0.15, -0.1) is 11.3 Å². The van der Waals surface area contributed by atoms with Crippen molar-refractivity contribution in [1.29, 1.82) is 0 Å². The van der Waals surface area contributed by atoms with E-state index in [1.165, 1.54) is 11.3 Å². The Kier molecular flexibility index (Phi) is 5.95. The summed E-state index contributed by atoms with van der Waals surface area (Å²) in [5.74, 6) is 1.19. The van der Waals surface area contributed by atoms with Gasteiger partial charge in [-0.05, 0) is 30.7 Å². The van der Waals surface area contributed by atoms with Crippen LogP contribution in [0.15, 0.2) is 70.4 Å². The molecule has 3 aromatic heterocycles. The molecule has 0 amide bonds. The Bertz CT molecular complexity index is 1520. The molecule has 0 fully saturated rings. The number of hydrogen-bond acceptors (Lipinski definition) is 8. The summed E-state index contributed by atoms with van der Waals surface area (Å²) in [4.78, 5) is 31.5. The first-order valence-corrected chi connectivity index (χ1v) is 11.9. The van der Waals surface area contributed by atoms with E-state index in [4.69, 9.17) is 22.3 Å². The predicted molar refractivity (Wildman–Crippen MR) is 137 cm³/mol. The number of nitrogens with one attached hydrogen (secondary N) is 1. The molecule has 5 rings (SSSR count). The molecular weight excluding hydrogens is 470 g/mol. The van der Waals surface area contributed by atoms with Crippen LogP contribution in [0.1, 0.15) is 25.2 Å². The molecule has 0 bridgehead atoms. The summed E-state index contributed by atoms with van der Waals surface area (Å²) in [6.45, 7) is 2.01. The van der Waals surface area contributed by atoms with E-state index in [1.54, 1.807) is 34.5 Å². The van der Waals surface area contributed by atoms with Gasteiger partial charge in [-0.1, -0.05) is 42.8 Å². The quantitative estimate of drug-likeness (QED) is 0.341. The lowest BCUT2D eigenvalue weighted by atomic mass is 10.1. The van der Waals surface area contributed by atoms with E-state index >= 15 is 0 Å². The molecule has 0 saturated heterocycles. The largest absolute Gasteiger partial charge is 0.368 e. The molecular formula is C24H20ClN7OS. The standard InChI is InChI=1S/C24H20ClN7OS/c1-2-17(29-21-15(11-27-24(26)31-21)19-12-34-13-28-19)22-30-18-10-6-9-16(25)20(18)23(33)32(22)14-7-4-3-5-8-14/h3-13,17H,2H2,1H3,(H3,26,27,29,31). The topological polar surface area (TPSA) is 112 Å². The zero-order valence-corrected chi connectivity index (χ0v) is 19.7. The molecule has 0 spiro atoms. The number of fused-ring (bicyclic) bond motifs is 1. The number of nitrogens with zero attached hydrogens (tertiary/aromatic N) is 5. The molecule has 0 radical (unpaired) electrons. The zero-order valence-electron chi connectivity index (χ0n) is 18.1. The fourth-order valence-electron chi connectivity index (χ4n) is 3.82. The van der Waals surface area contributed by atoms with Crippen LogP contribution in [-0.2, 0) is 0 Å². The summed E-state index contributed by atoms with van der Waals surface area (Å²) in [7, 11) is 0. The SMILES string of the molecule is CCC(Nc1nc(N)ncc1-c1cscn1)c1nc2cccc(Cl)c2c(=O)n1-c1ccccc1. The average Bonchev–Trinajstić information content (AvgIpc) is 3.38. The van der Waals surface area contributed by atoms with Crippen molar-refractivity contribution >= 4 is 45.6 Å². The smallest absolute Gasteiger partial charge is 0.267 e. The first-order valence-electron chi connectivity index (χ1n) is 10.6. The predicted octanol–water partition coefficient (Wildman–Crippen LogP) is 5.10. The number of hydrogen-bond donors (Lipinski definition) is 2. The van der Waals surface area contributed by atoms with Gasteiger partial charge in [0.15, 0.2) is 0 Å². The summed E-state index contributed by atoms with van der Waals surface area (Å²) >= 11 is 7.88. The Labute approximate surface area is 204 Å². The van der Waals surface area contributed by atoms with Crippen molar-refractivity contribution in [1.82, 2.24) is 24.5 Å². The van der Waals surface area contributed by atoms with Gasteiger partial charge in [0, 0.05) is 11.6 Å². The maximum absolute atomic E-state index is 13.7. The second-order valence-electron chi connectivity index (χ2n) is 7.55. The Morgan fingerprint density at radius 3 is 2.68 bits per heavy atom. The molecule has 170 valence electrons. The average molecular weight is 490 g/mol. The Morgan fingerprint density at radius 2 is 1.94 bits per heavy atom. The number of nitrogen functional groups attached to an aromatic ring is 1. The van der Waals surface area contributed by atoms with Gasteiger partial charge in [-0.2, -0.15) is 4.98 Å². The molecule has 1 unspecified atom stereocenters. The van der Waals surface area contributed by atoms with Gasteiger partial charge in [0.25, 0.3) is 5.56 Å². The van der Waals surface area contributed by atoms with Crippen LogP contribution in [0.4, 0.5) is 11.8 Å². The second-order valence-corrected chi connectivity index (χ2v) is 8.68. The van der Waals surface area contributed by atoms with Gasteiger partial charge in [0.2, 0.25) is 5.95 Å². The first-order chi connectivity index (χ1) is 16.6. The van der Waals surface area contributed by atoms with Gasteiger partial charge in [-0.25, -0.2) is 15.0 Å². The van der Waals surface area contributed by atoms with Crippen molar-refractivity contribution in [2.24, 2.45) is 0 Å². The highest BCUT2D eigenvalue weighted by atomic mass is 35.5. The van der Waals surface area contributed by atoms with Crippen molar-refractivity contribution in [2.45, 2.75) is 19.4 Å². The van der Waals surface area contributed by atoms with Crippen LogP contribution in [0.3, 0.4) is 0 Å². The van der Waals surface area contributed by atoms with Crippen LogP contribution in [0, 0.1) is 0 Å². The summed E-state index contributed by atoms with van der Waals surface area (Å²) in [6, 6.07) is 14.3. The van der Waals surface area contributed by atoms with Crippen LogP contribution < -0.4 is 16.6 Å². The molecule has 5 aromatic rings. The molecule has 3 heterocycles. The molecule has 0 aliphatic rings. The molecule has 3 N–H and O–H groups in total. The van der Waals surface area contributed by atoms with Crippen molar-refractivity contribution in [2.75, 3.05) is 11.1 Å². The van der Waals surface area contributed by atoms with Crippen LogP contribution >= 0.6 is 22.9 Å². The van der Waals surface area contributed by atoms with Gasteiger partial charge in [-0.3, -0.25) is 9.36 Å². The van der Waals surface area contributed by atoms with Crippen LogP contribution in [0.25, 0.3) is 27.8 Å². The van der Waals surface area contributed by atoms with Crippen LogP contribution in [0.2, 0.25) is 5.02 Å². The number of halogens is 1. The normalized spacial score (nSPS) is 12.1. The minimum atomic E-state index is -0.372. The Hall–Kier alpha value is -3.82. The molecule has 34 heavy (non-hydrogen) atoms. The van der Waals surface area contributed by atoms with E-state index in [0.29, 0.717) is 45.2 Å². The molecule has 1 atom stereocenters. The van der Waals surface area contributed by atoms with E-state index in [1.807, 2.05) is 42.6 Å². The fourth-order valence-corrected chi connectivity index (χ4v) is 4.62. The minimum absolute atomic E-state index is 0.134. The van der Waals surface area contributed by atoms with Gasteiger partial charge in [0.05, 0.1) is 44.4 Å². The van der Waals surface area contributed by atoms with E-state index in [2.05, 4.69) is 20.3 Å². The Balaban J connectivity index is 1.71. The van der Waals surface area contributed by atoms with Gasteiger partial charge in [0.1, 0.15) is 11.6 Å². The molecule has 0 aliphatic carbocycles. The molecule has 10 heteroatoms. The van der Waals surface area contributed by atoms with Crippen molar-refractivity contribution in [3.8, 4) is 16.9 Å². The number of anilines is 2. The molecule has 0 aliphatic heterocycles. The third-order valence-corrected chi connectivity index (χ3v) is 6.34. The maximum atomic E-state index is 13.7. The lowest BCUT2D eigenvalue weighted by Gasteiger charge is -2.23. The van der Waals surface area contributed by atoms with Gasteiger partial charge >= 0.3 is 0 Å². The third kappa shape index (κ3) is 4.00. The maximum Gasteiger partial charge on any atom is 0.267 e. The lowest BCUT2D eigenvalue weighted by molar-refractivity contribution is 0.658. The van der Waals surface area contributed by atoms with E-state index in [-0.39, 0.29) is 17.5 Å². The molecule has 2 aromatic carbocycles. The molecule has 0 saturated carbocycles. The van der Waals surface area contributed by atoms with Crippen molar-refractivity contribution in [3.05, 3.63) is 86.8 Å². The van der Waals surface area contributed by atoms with Crippen LogP contribution in [0.5, 0.6) is 0 Å². The highest BCUT2D eigenvalue weighted by molar-refractivity contribution is 7.07. The third-order valence-electron chi connectivity index (χ3n) is 5.43. The number of rotatable bonds is 6. The number of nitrogens with two attached hydrogens (primary N) is 1. The second kappa shape index (κ2) is 9.20. The van der Waals surface area contributed by atoms with E-state index in [9.17, 15) is 4.79 Å². The number of thiazole rings is 1. The summed E-state index contributed by atoms with van der Waals surface area (Å²) in [6.07, 6.45) is 2.26. The zero-order chi connectivity index (χ0) is 23.7. The van der Waals surface area contributed by atoms with E-state index in [0.717, 1.165) is 5.69 Å². The van der Waals surface area contributed by atoms with Crippen molar-refractivity contribution in [3.63, 3.8) is 0 Å². The van der Waals surface area contributed by atoms with Crippen LogP contribution in [-0.4, -0.2) is 24.5 Å². The Morgan fingerprint density at radius 1 is 1.12 bits per heavy atom. The summed E-state index contributed by atoms with van der Waals surface area (Å²) in [5.41, 5.74) is 10.1. The summed E-state index contributed by atoms with van der Waals surface area (Å²) in [5, 5.41) is 6.09. The highest BCUT2D eigenvalue weighted by Gasteiger charge is 2.23. The highest BCUT2D eigenvalue weighted by Crippen LogP contribution is 2.31. The molecule has 8 nitrogen and oxygen atoms in total. The number of aromatic nitrogens is 5. The minimum Gasteiger partial charge on any atom is -0.368 e. The number of para-hydroxylation sites is 1. The van der Waals surface area contributed by atoms with Crippen molar-refractivity contribution < 1.29 is 0 Å².